The Morgan fingerprint density at radius 1 is 1.20 bits per heavy atom. The average Bonchev–Trinajstić information content (AvgIpc) is 2.52. The molecule has 1 aliphatic rings. The van der Waals surface area contributed by atoms with Gasteiger partial charge in [0.05, 0.1) is 10.5 Å². The van der Waals surface area contributed by atoms with Crippen LogP contribution < -0.4 is 4.72 Å². The highest BCUT2D eigenvalue weighted by molar-refractivity contribution is 7.89. The van der Waals surface area contributed by atoms with Crippen LogP contribution in [0, 0.1) is 0 Å². The Labute approximate surface area is 143 Å². The van der Waals surface area contributed by atoms with Gasteiger partial charge in [0.1, 0.15) is 0 Å². The van der Waals surface area contributed by atoms with Crippen molar-refractivity contribution < 1.29 is 31.5 Å². The molecule has 0 radical (unpaired) electrons. The Morgan fingerprint density at radius 3 is 2.40 bits per heavy atom. The zero-order valence-electron chi connectivity index (χ0n) is 13.2. The molecule has 1 aromatic carbocycles. The molecule has 0 spiro atoms. The molecule has 9 heteroatoms. The first-order valence-corrected chi connectivity index (χ1v) is 9.22. The molecular weight excluding hydrogens is 359 g/mol. The second-order valence-corrected chi connectivity index (χ2v) is 7.56. The largest absolute Gasteiger partial charge is 0.478 e. The first-order chi connectivity index (χ1) is 11.6. The SMILES string of the molecule is O=C(O)/C=C/c1ccc(C(F)(F)F)cc1S(=O)(=O)NC1CCCCC1. The number of hydrogen-bond donors (Lipinski definition) is 2. The number of carboxylic acid groups (broad SMARTS) is 1. The molecule has 5 nitrogen and oxygen atoms in total. The molecule has 0 saturated heterocycles. The predicted octanol–water partition coefficient (Wildman–Crippen LogP) is 3.41. The number of benzene rings is 1. The number of aliphatic carboxylic acids is 1. The molecule has 2 rings (SSSR count). The van der Waals surface area contributed by atoms with Gasteiger partial charge in [-0.05, 0) is 36.6 Å². The van der Waals surface area contributed by atoms with Gasteiger partial charge >= 0.3 is 12.1 Å². The van der Waals surface area contributed by atoms with E-state index in [0.717, 1.165) is 37.5 Å². The van der Waals surface area contributed by atoms with E-state index >= 15 is 0 Å². The summed E-state index contributed by atoms with van der Waals surface area (Å²) in [6.07, 6.45) is 0.888. The number of sulfonamides is 1. The number of nitrogens with one attached hydrogen (secondary N) is 1. The van der Waals surface area contributed by atoms with Crippen molar-refractivity contribution in [3.8, 4) is 0 Å². The van der Waals surface area contributed by atoms with Gasteiger partial charge in [0.25, 0.3) is 0 Å². The Hall–Kier alpha value is -1.87. The summed E-state index contributed by atoms with van der Waals surface area (Å²) in [6.45, 7) is 0. The smallest absolute Gasteiger partial charge is 0.416 e. The van der Waals surface area contributed by atoms with E-state index in [0.29, 0.717) is 25.0 Å². The second kappa shape index (κ2) is 7.57. The molecule has 1 fully saturated rings. The highest BCUT2D eigenvalue weighted by atomic mass is 32.2. The number of carboxylic acids is 1. The maximum absolute atomic E-state index is 12.9. The van der Waals surface area contributed by atoms with E-state index in [2.05, 4.69) is 4.72 Å². The molecule has 2 N–H and O–H groups in total. The van der Waals surface area contributed by atoms with Gasteiger partial charge in [0.2, 0.25) is 10.0 Å². The Bertz CT molecular complexity index is 766. The molecule has 1 aliphatic carbocycles. The quantitative estimate of drug-likeness (QED) is 0.771. The summed E-state index contributed by atoms with van der Waals surface area (Å²) < 4.78 is 66.4. The lowest BCUT2D eigenvalue weighted by Gasteiger charge is -2.23. The third-order valence-corrected chi connectivity index (χ3v) is 5.54. The highest BCUT2D eigenvalue weighted by Crippen LogP contribution is 2.32. The molecule has 0 unspecified atom stereocenters. The molecule has 0 aromatic heterocycles. The van der Waals surface area contributed by atoms with Crippen LogP contribution in [0.15, 0.2) is 29.2 Å². The van der Waals surface area contributed by atoms with E-state index in [1.807, 2.05) is 0 Å². The summed E-state index contributed by atoms with van der Waals surface area (Å²) in [5, 5.41) is 8.68. The van der Waals surface area contributed by atoms with Crippen molar-refractivity contribution in [2.24, 2.45) is 0 Å². The van der Waals surface area contributed by atoms with Gasteiger partial charge in [-0.3, -0.25) is 0 Å². The van der Waals surface area contributed by atoms with Crippen LogP contribution in [-0.2, 0) is 21.0 Å². The molecule has 1 aromatic rings. The Kier molecular flexibility index (Phi) is 5.89. The first kappa shape index (κ1) is 19.5. The monoisotopic (exact) mass is 377 g/mol. The van der Waals surface area contributed by atoms with Gasteiger partial charge in [-0.2, -0.15) is 13.2 Å². The van der Waals surface area contributed by atoms with Crippen LogP contribution in [0.25, 0.3) is 6.08 Å². The van der Waals surface area contributed by atoms with E-state index in [1.165, 1.54) is 0 Å². The lowest BCUT2D eigenvalue weighted by molar-refractivity contribution is -0.137. The van der Waals surface area contributed by atoms with Crippen LogP contribution in [0.3, 0.4) is 0 Å². The van der Waals surface area contributed by atoms with Gasteiger partial charge in [0, 0.05) is 12.1 Å². The third kappa shape index (κ3) is 5.30. The van der Waals surface area contributed by atoms with Crippen molar-refractivity contribution >= 4 is 22.1 Å². The minimum absolute atomic E-state index is 0.112. The van der Waals surface area contributed by atoms with Gasteiger partial charge in [-0.15, -0.1) is 0 Å². The molecular formula is C16H18F3NO4S. The zero-order chi connectivity index (χ0) is 18.7. The van der Waals surface area contributed by atoms with Crippen molar-refractivity contribution in [1.82, 2.24) is 4.72 Å². The van der Waals surface area contributed by atoms with Crippen LogP contribution in [0.2, 0.25) is 0 Å². The van der Waals surface area contributed by atoms with Crippen molar-refractivity contribution in [2.45, 2.75) is 49.2 Å². The van der Waals surface area contributed by atoms with E-state index in [9.17, 15) is 26.4 Å². The second-order valence-electron chi connectivity index (χ2n) is 5.88. The van der Waals surface area contributed by atoms with Gasteiger partial charge < -0.3 is 5.11 Å². The molecule has 0 aliphatic heterocycles. The summed E-state index contributed by atoms with van der Waals surface area (Å²) in [4.78, 5) is 10.1. The fourth-order valence-electron chi connectivity index (χ4n) is 2.75. The molecule has 138 valence electrons. The summed E-state index contributed by atoms with van der Waals surface area (Å²) >= 11 is 0. The summed E-state index contributed by atoms with van der Waals surface area (Å²) in [5.74, 6) is -1.33. The Balaban J connectivity index is 2.44. The standard InChI is InChI=1S/C16H18F3NO4S/c17-16(18,19)12-8-6-11(7-9-15(21)22)14(10-12)25(23,24)20-13-4-2-1-3-5-13/h6-10,13,20H,1-5H2,(H,21,22)/b9-7+. The van der Waals surface area contributed by atoms with Crippen LogP contribution in [0.1, 0.15) is 43.2 Å². The lowest BCUT2D eigenvalue weighted by atomic mass is 9.96. The topological polar surface area (TPSA) is 83.5 Å². The van der Waals surface area contributed by atoms with E-state index in [1.54, 1.807) is 0 Å². The molecule has 0 atom stereocenters. The molecule has 0 heterocycles. The molecule has 0 amide bonds. The van der Waals surface area contributed by atoms with Crippen molar-refractivity contribution in [3.05, 3.63) is 35.4 Å². The molecule has 1 saturated carbocycles. The third-order valence-electron chi connectivity index (χ3n) is 3.96. The van der Waals surface area contributed by atoms with Crippen molar-refractivity contribution in [2.75, 3.05) is 0 Å². The first-order valence-electron chi connectivity index (χ1n) is 7.74. The maximum Gasteiger partial charge on any atom is 0.416 e. The highest BCUT2D eigenvalue weighted by Gasteiger charge is 2.33. The van der Waals surface area contributed by atoms with E-state index in [4.69, 9.17) is 5.11 Å². The summed E-state index contributed by atoms with van der Waals surface area (Å²) in [6, 6.07) is 1.88. The van der Waals surface area contributed by atoms with E-state index in [-0.39, 0.29) is 11.6 Å². The Morgan fingerprint density at radius 2 is 1.84 bits per heavy atom. The summed E-state index contributed by atoms with van der Waals surface area (Å²) in [5.41, 5.74) is -1.22. The zero-order valence-corrected chi connectivity index (χ0v) is 14.0. The average molecular weight is 377 g/mol. The van der Waals surface area contributed by atoms with Crippen LogP contribution >= 0.6 is 0 Å². The van der Waals surface area contributed by atoms with Gasteiger partial charge in [0.15, 0.2) is 0 Å². The van der Waals surface area contributed by atoms with Gasteiger partial charge in [-0.1, -0.05) is 25.3 Å². The fraction of sp³-hybridized carbons (Fsp3) is 0.438. The molecule has 0 bridgehead atoms. The van der Waals surface area contributed by atoms with Crippen LogP contribution in [0.4, 0.5) is 13.2 Å². The number of alkyl halides is 3. The summed E-state index contributed by atoms with van der Waals surface area (Å²) in [7, 11) is -4.22. The van der Waals surface area contributed by atoms with Crippen LogP contribution in [0.5, 0.6) is 0 Å². The number of hydrogen-bond acceptors (Lipinski definition) is 3. The maximum atomic E-state index is 12.9. The van der Waals surface area contributed by atoms with E-state index < -0.39 is 32.6 Å². The minimum atomic E-state index is -4.70. The molecule has 25 heavy (non-hydrogen) atoms. The normalized spacial score (nSPS) is 17.1. The van der Waals surface area contributed by atoms with Crippen molar-refractivity contribution in [1.29, 1.82) is 0 Å². The number of carbonyl (C=O) groups is 1. The minimum Gasteiger partial charge on any atom is -0.478 e. The van der Waals surface area contributed by atoms with Crippen molar-refractivity contribution in [3.63, 3.8) is 0 Å². The lowest BCUT2D eigenvalue weighted by Crippen LogP contribution is -2.36. The van der Waals surface area contributed by atoms with Crippen LogP contribution in [-0.4, -0.2) is 25.5 Å². The fourth-order valence-corrected chi connectivity index (χ4v) is 4.28. The number of rotatable bonds is 5. The van der Waals surface area contributed by atoms with Gasteiger partial charge in [-0.25, -0.2) is 17.9 Å². The predicted molar refractivity (Wildman–Crippen MR) is 85.3 cm³/mol. The number of halogens is 3.